The Balaban J connectivity index is 2.02. The first kappa shape index (κ1) is 17.7. The molecule has 1 aromatic rings. The average molecular weight is 350 g/mol. The average Bonchev–Trinajstić information content (AvgIpc) is 3.28. The highest BCUT2D eigenvalue weighted by atomic mass is 32.2. The maximum atomic E-state index is 12.2. The van der Waals surface area contributed by atoms with E-state index in [4.69, 9.17) is 0 Å². The standard InChI is InChI=1S/C14H17F3N2O3S/c1-9(10-2-3-10)19-23(21,22)12-6-4-11(5-7-12)13(20)18-8-14(15,16)17/h4-7,9-10,19H,2-3,8H2,1H3,(H,18,20)/t9-/m1/s1. The summed E-state index contributed by atoms with van der Waals surface area (Å²) in [5.41, 5.74) is -0.0385. The number of hydrogen-bond donors (Lipinski definition) is 2. The molecule has 2 rings (SSSR count). The van der Waals surface area contributed by atoms with E-state index in [2.05, 4.69) is 4.72 Å². The summed E-state index contributed by atoms with van der Waals surface area (Å²) in [5.74, 6) is -0.567. The van der Waals surface area contributed by atoms with Crippen molar-refractivity contribution in [2.75, 3.05) is 6.54 Å². The molecule has 0 bridgehead atoms. The zero-order valence-corrected chi connectivity index (χ0v) is 13.2. The Kier molecular flexibility index (Phi) is 5.00. The van der Waals surface area contributed by atoms with Crippen LogP contribution in [0.2, 0.25) is 0 Å². The molecule has 0 aliphatic heterocycles. The maximum absolute atomic E-state index is 12.2. The first-order valence-corrected chi connectivity index (χ1v) is 8.54. The van der Waals surface area contributed by atoms with Crippen molar-refractivity contribution in [3.8, 4) is 0 Å². The molecular formula is C14H17F3N2O3S. The molecule has 1 aromatic carbocycles. The first-order valence-electron chi connectivity index (χ1n) is 7.06. The van der Waals surface area contributed by atoms with E-state index in [0.717, 1.165) is 12.8 Å². The topological polar surface area (TPSA) is 75.3 Å². The van der Waals surface area contributed by atoms with Crippen LogP contribution in [0.5, 0.6) is 0 Å². The van der Waals surface area contributed by atoms with Gasteiger partial charge in [-0.1, -0.05) is 0 Å². The molecule has 128 valence electrons. The van der Waals surface area contributed by atoms with E-state index in [9.17, 15) is 26.4 Å². The molecule has 1 aliphatic carbocycles. The Morgan fingerprint density at radius 2 is 1.83 bits per heavy atom. The van der Waals surface area contributed by atoms with Crippen LogP contribution < -0.4 is 10.0 Å². The van der Waals surface area contributed by atoms with Crippen LogP contribution in [0.25, 0.3) is 0 Å². The van der Waals surface area contributed by atoms with Crippen molar-refractivity contribution >= 4 is 15.9 Å². The van der Waals surface area contributed by atoms with E-state index in [1.54, 1.807) is 12.2 Å². The Morgan fingerprint density at radius 3 is 2.30 bits per heavy atom. The number of halogens is 3. The molecule has 0 aromatic heterocycles. The van der Waals surface area contributed by atoms with Crippen molar-refractivity contribution in [2.24, 2.45) is 5.92 Å². The molecule has 1 amide bonds. The molecule has 23 heavy (non-hydrogen) atoms. The maximum Gasteiger partial charge on any atom is 0.405 e. The van der Waals surface area contributed by atoms with Gasteiger partial charge in [-0.2, -0.15) is 13.2 Å². The van der Waals surface area contributed by atoms with Crippen molar-refractivity contribution in [3.05, 3.63) is 29.8 Å². The second kappa shape index (κ2) is 6.48. The second-order valence-electron chi connectivity index (χ2n) is 5.57. The second-order valence-corrected chi connectivity index (χ2v) is 7.28. The van der Waals surface area contributed by atoms with Gasteiger partial charge in [0.15, 0.2) is 0 Å². The third kappa shape index (κ3) is 5.21. The molecule has 1 saturated carbocycles. The molecule has 9 heteroatoms. The quantitative estimate of drug-likeness (QED) is 0.825. The van der Waals surface area contributed by atoms with Crippen LogP contribution in [-0.2, 0) is 10.0 Å². The van der Waals surface area contributed by atoms with Crippen molar-refractivity contribution in [1.29, 1.82) is 0 Å². The van der Waals surface area contributed by atoms with E-state index in [1.807, 2.05) is 0 Å². The van der Waals surface area contributed by atoms with Gasteiger partial charge in [0.25, 0.3) is 5.91 Å². The molecule has 0 saturated heterocycles. The molecule has 0 radical (unpaired) electrons. The molecular weight excluding hydrogens is 333 g/mol. The SMILES string of the molecule is C[C@@H](NS(=O)(=O)c1ccc(C(=O)NCC(F)(F)F)cc1)C1CC1. The van der Waals surface area contributed by atoms with Gasteiger partial charge >= 0.3 is 6.18 Å². The lowest BCUT2D eigenvalue weighted by atomic mass is 10.2. The fraction of sp³-hybridized carbons (Fsp3) is 0.500. The van der Waals surface area contributed by atoms with Gasteiger partial charge in [-0.15, -0.1) is 0 Å². The van der Waals surface area contributed by atoms with E-state index < -0.39 is 28.7 Å². The predicted octanol–water partition coefficient (Wildman–Crippen LogP) is 2.06. The van der Waals surface area contributed by atoms with Gasteiger partial charge in [0, 0.05) is 11.6 Å². The third-order valence-corrected chi connectivity index (χ3v) is 5.12. The number of alkyl halides is 3. The summed E-state index contributed by atoms with van der Waals surface area (Å²) in [6.07, 6.45) is -2.52. The highest BCUT2D eigenvalue weighted by molar-refractivity contribution is 7.89. The Morgan fingerprint density at radius 1 is 1.26 bits per heavy atom. The Labute approximate surface area is 132 Å². The van der Waals surface area contributed by atoms with Gasteiger partial charge < -0.3 is 5.32 Å². The molecule has 1 aliphatic rings. The minimum absolute atomic E-state index is 0.0302. The Bertz CT molecular complexity index is 668. The van der Waals surface area contributed by atoms with Gasteiger partial charge in [-0.05, 0) is 49.9 Å². The van der Waals surface area contributed by atoms with Gasteiger partial charge in [0.1, 0.15) is 6.54 Å². The smallest absolute Gasteiger partial charge is 0.343 e. The number of carbonyl (C=O) groups is 1. The zero-order chi connectivity index (χ0) is 17.3. The lowest BCUT2D eigenvalue weighted by Crippen LogP contribution is -2.34. The predicted molar refractivity (Wildman–Crippen MR) is 77.3 cm³/mol. The lowest BCUT2D eigenvalue weighted by Gasteiger charge is -2.13. The molecule has 5 nitrogen and oxygen atoms in total. The van der Waals surface area contributed by atoms with Gasteiger partial charge in [-0.3, -0.25) is 4.79 Å². The van der Waals surface area contributed by atoms with Gasteiger partial charge in [-0.25, -0.2) is 13.1 Å². The summed E-state index contributed by atoms with van der Waals surface area (Å²) < 4.78 is 63.0. The number of rotatable bonds is 6. The molecule has 0 unspecified atom stereocenters. The normalized spacial score (nSPS) is 16.9. The van der Waals surface area contributed by atoms with E-state index in [-0.39, 0.29) is 16.5 Å². The van der Waals surface area contributed by atoms with Gasteiger partial charge in [0.05, 0.1) is 4.90 Å². The molecule has 1 fully saturated rings. The fourth-order valence-electron chi connectivity index (χ4n) is 2.07. The van der Waals surface area contributed by atoms with Crippen molar-refractivity contribution in [2.45, 2.75) is 36.9 Å². The molecule has 1 atom stereocenters. The zero-order valence-electron chi connectivity index (χ0n) is 12.4. The van der Waals surface area contributed by atoms with Crippen LogP contribution in [0.3, 0.4) is 0 Å². The Hall–Kier alpha value is -1.61. The van der Waals surface area contributed by atoms with E-state index >= 15 is 0 Å². The fourth-order valence-corrected chi connectivity index (χ4v) is 3.39. The monoisotopic (exact) mass is 350 g/mol. The van der Waals surface area contributed by atoms with Crippen LogP contribution in [0.4, 0.5) is 13.2 Å². The van der Waals surface area contributed by atoms with Crippen LogP contribution in [0, 0.1) is 5.92 Å². The summed E-state index contributed by atoms with van der Waals surface area (Å²) in [7, 11) is -3.70. The highest BCUT2D eigenvalue weighted by Gasteiger charge is 2.31. The third-order valence-electron chi connectivity index (χ3n) is 3.55. The van der Waals surface area contributed by atoms with Gasteiger partial charge in [0.2, 0.25) is 10.0 Å². The summed E-state index contributed by atoms with van der Waals surface area (Å²) >= 11 is 0. The minimum Gasteiger partial charge on any atom is -0.343 e. The van der Waals surface area contributed by atoms with Crippen LogP contribution >= 0.6 is 0 Å². The number of carbonyl (C=O) groups excluding carboxylic acids is 1. The number of hydrogen-bond acceptors (Lipinski definition) is 3. The number of amides is 1. The number of nitrogens with one attached hydrogen (secondary N) is 2. The summed E-state index contributed by atoms with van der Waals surface area (Å²) in [4.78, 5) is 11.5. The van der Waals surface area contributed by atoms with E-state index in [0.29, 0.717) is 5.92 Å². The van der Waals surface area contributed by atoms with E-state index in [1.165, 1.54) is 24.3 Å². The molecule has 0 heterocycles. The van der Waals surface area contributed by atoms with Crippen LogP contribution in [-0.4, -0.2) is 33.1 Å². The van der Waals surface area contributed by atoms with Crippen LogP contribution in [0.1, 0.15) is 30.1 Å². The first-order chi connectivity index (χ1) is 10.6. The minimum atomic E-state index is -4.50. The lowest BCUT2D eigenvalue weighted by molar-refractivity contribution is -0.123. The van der Waals surface area contributed by atoms with Crippen molar-refractivity contribution in [1.82, 2.24) is 10.0 Å². The molecule has 2 N–H and O–H groups in total. The van der Waals surface area contributed by atoms with Crippen molar-refractivity contribution in [3.63, 3.8) is 0 Å². The van der Waals surface area contributed by atoms with Crippen LogP contribution in [0.15, 0.2) is 29.2 Å². The number of sulfonamides is 1. The summed E-state index contributed by atoms with van der Waals surface area (Å²) in [5, 5.41) is 1.72. The largest absolute Gasteiger partial charge is 0.405 e. The molecule has 0 spiro atoms. The highest BCUT2D eigenvalue weighted by Crippen LogP contribution is 2.33. The summed E-state index contributed by atoms with van der Waals surface area (Å²) in [6.45, 7) is 0.348. The summed E-state index contributed by atoms with van der Waals surface area (Å²) in [6, 6.07) is 4.59. The number of benzene rings is 1. The van der Waals surface area contributed by atoms with Crippen molar-refractivity contribution < 1.29 is 26.4 Å².